The Labute approximate surface area is 154 Å². The zero-order valence-corrected chi connectivity index (χ0v) is 16.1. The number of aromatic nitrogens is 2. The summed E-state index contributed by atoms with van der Waals surface area (Å²) in [7, 11) is -1.67. The van der Waals surface area contributed by atoms with Crippen molar-refractivity contribution in [3.8, 4) is 5.88 Å². The summed E-state index contributed by atoms with van der Waals surface area (Å²) in [5.74, 6) is 1.27. The Morgan fingerprint density at radius 2 is 2.08 bits per heavy atom. The van der Waals surface area contributed by atoms with Crippen LogP contribution in [0.15, 0.2) is 12.4 Å². The highest BCUT2D eigenvalue weighted by molar-refractivity contribution is 7.88. The van der Waals surface area contributed by atoms with E-state index in [0.29, 0.717) is 31.4 Å². The Morgan fingerprint density at radius 3 is 2.69 bits per heavy atom. The molecule has 1 aromatic rings. The van der Waals surface area contributed by atoms with Crippen LogP contribution >= 0.6 is 0 Å². The quantitative estimate of drug-likeness (QED) is 0.691. The van der Waals surface area contributed by atoms with Gasteiger partial charge in [-0.15, -0.1) is 0 Å². The summed E-state index contributed by atoms with van der Waals surface area (Å²) >= 11 is 0. The Kier molecular flexibility index (Phi) is 5.66. The Balaban J connectivity index is 1.48. The molecule has 0 spiro atoms. The predicted molar refractivity (Wildman–Crippen MR) is 97.7 cm³/mol. The smallest absolute Gasteiger partial charge is 0.218 e. The number of nitrogens with zero attached hydrogens (tertiary/aromatic N) is 4. The number of anilines is 1. The summed E-state index contributed by atoms with van der Waals surface area (Å²) in [5.41, 5.74) is -0.955. The van der Waals surface area contributed by atoms with Gasteiger partial charge in [0, 0.05) is 44.8 Å². The van der Waals surface area contributed by atoms with Crippen molar-refractivity contribution in [3.05, 3.63) is 12.4 Å². The van der Waals surface area contributed by atoms with Gasteiger partial charge in [-0.2, -0.15) is 4.31 Å². The molecule has 2 fully saturated rings. The molecule has 26 heavy (non-hydrogen) atoms. The van der Waals surface area contributed by atoms with Crippen molar-refractivity contribution in [1.82, 2.24) is 19.2 Å². The van der Waals surface area contributed by atoms with Crippen LogP contribution in [0.3, 0.4) is 0 Å². The lowest BCUT2D eigenvalue weighted by molar-refractivity contribution is 0.0106. The fourth-order valence-electron chi connectivity index (χ4n) is 3.62. The minimum atomic E-state index is -3.24. The number of methoxy groups -OCH3 is 1. The number of ether oxygens (including phenoxy) is 1. The van der Waals surface area contributed by atoms with E-state index in [9.17, 15) is 13.5 Å². The third-order valence-corrected chi connectivity index (χ3v) is 6.32. The number of sulfonamides is 1. The number of hydrogen-bond donors (Lipinski definition) is 2. The monoisotopic (exact) mass is 385 g/mol. The molecular formula is C16H27N5O4S. The molecule has 2 N–H and O–H groups in total. The maximum atomic E-state index is 11.6. The van der Waals surface area contributed by atoms with Crippen LogP contribution in [0.4, 0.5) is 5.82 Å². The summed E-state index contributed by atoms with van der Waals surface area (Å²) in [5, 5.41) is 14.1. The largest absolute Gasteiger partial charge is 0.481 e. The van der Waals surface area contributed by atoms with E-state index < -0.39 is 15.6 Å². The second kappa shape index (κ2) is 7.63. The number of likely N-dealkylation sites (tertiary alicyclic amines) is 1. The molecule has 0 saturated carbocycles. The van der Waals surface area contributed by atoms with Crippen molar-refractivity contribution in [2.45, 2.75) is 30.9 Å². The predicted octanol–water partition coefficient (Wildman–Crippen LogP) is -0.242. The van der Waals surface area contributed by atoms with Crippen molar-refractivity contribution in [1.29, 1.82) is 0 Å². The van der Waals surface area contributed by atoms with Gasteiger partial charge in [0.05, 0.1) is 19.0 Å². The van der Waals surface area contributed by atoms with Gasteiger partial charge in [-0.25, -0.2) is 18.4 Å². The topological polar surface area (TPSA) is 108 Å². The van der Waals surface area contributed by atoms with Crippen molar-refractivity contribution in [3.63, 3.8) is 0 Å². The van der Waals surface area contributed by atoms with Crippen LogP contribution in [0, 0.1) is 0 Å². The molecule has 3 rings (SSSR count). The summed E-state index contributed by atoms with van der Waals surface area (Å²) in [6.07, 6.45) is 5.01. The van der Waals surface area contributed by atoms with E-state index in [-0.39, 0.29) is 6.54 Å². The summed E-state index contributed by atoms with van der Waals surface area (Å²) in [6.45, 7) is 2.78. The van der Waals surface area contributed by atoms with Crippen LogP contribution in [0.2, 0.25) is 0 Å². The number of β-amino-alcohol motifs (C(OH)–C–C–N with tert-alkyl or cyclic N) is 1. The van der Waals surface area contributed by atoms with Gasteiger partial charge in [0.2, 0.25) is 15.9 Å². The zero-order chi connectivity index (χ0) is 18.8. The summed E-state index contributed by atoms with van der Waals surface area (Å²) in [4.78, 5) is 10.4. The first-order valence-corrected chi connectivity index (χ1v) is 10.6. The molecule has 1 aromatic heterocycles. The molecule has 0 amide bonds. The van der Waals surface area contributed by atoms with Crippen molar-refractivity contribution in [2.24, 2.45) is 0 Å². The second-order valence-corrected chi connectivity index (χ2v) is 9.19. The number of piperidine rings is 1. The normalized spacial score (nSPS) is 26.1. The van der Waals surface area contributed by atoms with Gasteiger partial charge in [0.1, 0.15) is 12.1 Å². The van der Waals surface area contributed by atoms with Crippen LogP contribution < -0.4 is 10.1 Å². The third kappa shape index (κ3) is 4.81. The molecule has 0 aromatic carbocycles. The minimum Gasteiger partial charge on any atom is -0.481 e. The van der Waals surface area contributed by atoms with E-state index in [0.717, 1.165) is 31.7 Å². The lowest BCUT2D eigenvalue weighted by atomic mass is 9.99. The molecular weight excluding hydrogens is 358 g/mol. The van der Waals surface area contributed by atoms with Crippen LogP contribution in [-0.2, 0) is 10.0 Å². The first-order valence-electron chi connectivity index (χ1n) is 8.80. The Hall–Kier alpha value is -1.49. The Morgan fingerprint density at radius 1 is 1.35 bits per heavy atom. The molecule has 2 aliphatic rings. The number of nitrogens with one attached hydrogen (secondary N) is 1. The van der Waals surface area contributed by atoms with Gasteiger partial charge < -0.3 is 20.1 Å². The van der Waals surface area contributed by atoms with E-state index in [1.165, 1.54) is 16.9 Å². The highest BCUT2D eigenvalue weighted by atomic mass is 32.2. The molecule has 3 heterocycles. The van der Waals surface area contributed by atoms with Crippen LogP contribution in [-0.4, -0.2) is 90.4 Å². The van der Waals surface area contributed by atoms with Gasteiger partial charge in [-0.1, -0.05) is 0 Å². The lowest BCUT2D eigenvalue weighted by Gasteiger charge is -2.36. The van der Waals surface area contributed by atoms with E-state index in [1.54, 1.807) is 13.2 Å². The first kappa shape index (κ1) is 19.3. The fourth-order valence-corrected chi connectivity index (χ4v) is 4.52. The number of rotatable bonds is 6. The first-order chi connectivity index (χ1) is 12.3. The molecule has 146 valence electrons. The highest BCUT2D eigenvalue weighted by Crippen LogP contribution is 2.26. The van der Waals surface area contributed by atoms with Crippen molar-refractivity contribution >= 4 is 15.8 Å². The van der Waals surface area contributed by atoms with Crippen LogP contribution in [0.25, 0.3) is 0 Å². The maximum absolute atomic E-state index is 11.6. The molecule has 0 aliphatic carbocycles. The van der Waals surface area contributed by atoms with Gasteiger partial charge in [0.25, 0.3) is 0 Å². The standard InChI is InChI=1S/C16H27N5O4S/c1-25-15-9-14(17-12-18-15)19-13-3-6-20(7-4-13)10-16(22)5-8-21(11-16)26(2,23)24/h9,12-13,22H,3-8,10-11H2,1-2H3,(H,17,18,19). The summed E-state index contributed by atoms with van der Waals surface area (Å²) < 4.78 is 29.8. The van der Waals surface area contributed by atoms with E-state index in [1.807, 2.05) is 0 Å². The molecule has 2 aliphatic heterocycles. The number of hydrogen-bond acceptors (Lipinski definition) is 8. The third-order valence-electron chi connectivity index (χ3n) is 5.07. The van der Waals surface area contributed by atoms with Crippen molar-refractivity contribution < 1.29 is 18.3 Å². The maximum Gasteiger partial charge on any atom is 0.218 e. The van der Waals surface area contributed by atoms with Gasteiger partial charge in [-0.3, -0.25) is 0 Å². The molecule has 2 saturated heterocycles. The molecule has 9 nitrogen and oxygen atoms in total. The van der Waals surface area contributed by atoms with E-state index in [2.05, 4.69) is 20.2 Å². The minimum absolute atomic E-state index is 0.185. The highest BCUT2D eigenvalue weighted by Gasteiger charge is 2.41. The average molecular weight is 385 g/mol. The lowest BCUT2D eigenvalue weighted by Crippen LogP contribution is -2.49. The molecule has 0 radical (unpaired) electrons. The van der Waals surface area contributed by atoms with Crippen molar-refractivity contribution in [2.75, 3.05) is 51.4 Å². The Bertz CT molecular complexity index is 723. The molecule has 0 bridgehead atoms. The average Bonchev–Trinajstić information content (AvgIpc) is 2.99. The molecule has 1 atom stereocenters. The van der Waals surface area contributed by atoms with Gasteiger partial charge in [0.15, 0.2) is 0 Å². The van der Waals surface area contributed by atoms with Gasteiger partial charge in [-0.05, 0) is 19.3 Å². The van der Waals surface area contributed by atoms with E-state index in [4.69, 9.17) is 4.74 Å². The second-order valence-electron chi connectivity index (χ2n) is 7.21. The summed E-state index contributed by atoms with van der Waals surface area (Å²) in [6, 6.07) is 2.07. The van der Waals surface area contributed by atoms with E-state index >= 15 is 0 Å². The zero-order valence-electron chi connectivity index (χ0n) is 15.3. The fraction of sp³-hybridized carbons (Fsp3) is 0.750. The van der Waals surface area contributed by atoms with Crippen LogP contribution in [0.5, 0.6) is 5.88 Å². The molecule has 10 heteroatoms. The SMILES string of the molecule is COc1cc(NC2CCN(CC3(O)CCN(S(C)(=O)=O)C3)CC2)ncn1. The molecule has 1 unspecified atom stereocenters. The number of aliphatic hydroxyl groups is 1. The van der Waals surface area contributed by atoms with Gasteiger partial charge >= 0.3 is 0 Å². The van der Waals surface area contributed by atoms with Crippen LogP contribution in [0.1, 0.15) is 19.3 Å².